The molecule has 0 fully saturated rings. The molecule has 0 aliphatic heterocycles. The van der Waals surface area contributed by atoms with Gasteiger partial charge in [-0.25, -0.2) is 10.2 Å². The van der Waals surface area contributed by atoms with Crippen LogP contribution in [0.2, 0.25) is 0 Å². The van der Waals surface area contributed by atoms with Crippen molar-refractivity contribution in [3.63, 3.8) is 0 Å². The van der Waals surface area contributed by atoms with Crippen molar-refractivity contribution in [1.82, 2.24) is 5.43 Å². The van der Waals surface area contributed by atoms with E-state index in [2.05, 4.69) is 26.5 Å². The van der Waals surface area contributed by atoms with Crippen molar-refractivity contribution in [3.8, 4) is 0 Å². The highest BCUT2D eigenvalue weighted by atomic mass is 79.9. The van der Waals surface area contributed by atoms with Crippen LogP contribution >= 0.6 is 15.9 Å². The van der Waals surface area contributed by atoms with Gasteiger partial charge in [-0.3, -0.25) is 0 Å². The molecule has 1 aromatic carbocycles. The highest BCUT2D eigenvalue weighted by Gasteiger charge is 2.01. The van der Waals surface area contributed by atoms with E-state index in [-0.39, 0.29) is 0 Å². The Morgan fingerprint density at radius 2 is 2.14 bits per heavy atom. The minimum Gasteiger partial charge on any atom is -0.350 e. The molecular formula is C9H10BrN3O. The zero-order valence-electron chi connectivity index (χ0n) is 7.62. The van der Waals surface area contributed by atoms with E-state index in [4.69, 9.17) is 5.73 Å². The standard InChI is InChI=1S/C9H10BrN3O/c1-6(12-13-9(11)14)7-4-2-3-5-8(7)10/h2-5H,1H3,(H3,11,13,14). The molecule has 0 aliphatic rings. The van der Waals surface area contributed by atoms with Crippen LogP contribution in [-0.4, -0.2) is 11.7 Å². The fourth-order valence-electron chi connectivity index (χ4n) is 0.954. The van der Waals surface area contributed by atoms with Crippen LogP contribution in [0, 0.1) is 0 Å². The molecular weight excluding hydrogens is 246 g/mol. The summed E-state index contributed by atoms with van der Waals surface area (Å²) in [5, 5.41) is 3.82. The molecule has 0 bridgehead atoms. The van der Waals surface area contributed by atoms with E-state index in [0.717, 1.165) is 10.0 Å². The van der Waals surface area contributed by atoms with Crippen LogP contribution in [0.4, 0.5) is 4.79 Å². The van der Waals surface area contributed by atoms with Crippen LogP contribution in [0.5, 0.6) is 0 Å². The number of halogens is 1. The third kappa shape index (κ3) is 2.85. The maximum atomic E-state index is 10.4. The highest BCUT2D eigenvalue weighted by molar-refractivity contribution is 9.10. The average Bonchev–Trinajstić information content (AvgIpc) is 2.15. The lowest BCUT2D eigenvalue weighted by atomic mass is 10.1. The fraction of sp³-hybridized carbons (Fsp3) is 0.111. The monoisotopic (exact) mass is 255 g/mol. The molecule has 2 amide bonds. The van der Waals surface area contributed by atoms with Gasteiger partial charge in [-0.15, -0.1) is 0 Å². The van der Waals surface area contributed by atoms with Gasteiger partial charge in [-0.05, 0) is 13.0 Å². The van der Waals surface area contributed by atoms with E-state index >= 15 is 0 Å². The summed E-state index contributed by atoms with van der Waals surface area (Å²) in [6.45, 7) is 1.79. The molecule has 0 radical (unpaired) electrons. The number of urea groups is 1. The molecule has 3 N–H and O–H groups in total. The molecule has 4 nitrogen and oxygen atoms in total. The molecule has 1 rings (SSSR count). The Balaban J connectivity index is 2.89. The summed E-state index contributed by atoms with van der Waals surface area (Å²) in [7, 11) is 0. The summed E-state index contributed by atoms with van der Waals surface area (Å²) in [6, 6.07) is 6.92. The molecule has 0 aromatic heterocycles. The third-order valence-electron chi connectivity index (χ3n) is 1.60. The maximum Gasteiger partial charge on any atom is 0.332 e. The first-order valence-electron chi connectivity index (χ1n) is 3.96. The first kappa shape index (κ1) is 10.7. The summed E-state index contributed by atoms with van der Waals surface area (Å²) in [4.78, 5) is 10.4. The Morgan fingerprint density at radius 1 is 1.50 bits per heavy atom. The van der Waals surface area contributed by atoms with Gasteiger partial charge in [0, 0.05) is 10.0 Å². The molecule has 14 heavy (non-hydrogen) atoms. The van der Waals surface area contributed by atoms with Crippen molar-refractivity contribution in [2.75, 3.05) is 0 Å². The number of nitrogens with two attached hydrogens (primary N) is 1. The number of carbonyl (C=O) groups excluding carboxylic acids is 1. The van der Waals surface area contributed by atoms with Crippen LogP contribution in [0.25, 0.3) is 0 Å². The fourth-order valence-corrected chi connectivity index (χ4v) is 1.53. The van der Waals surface area contributed by atoms with Crippen molar-refractivity contribution in [2.45, 2.75) is 6.92 Å². The molecule has 74 valence electrons. The lowest BCUT2D eigenvalue weighted by molar-refractivity contribution is 0.249. The van der Waals surface area contributed by atoms with Crippen LogP contribution in [0.15, 0.2) is 33.8 Å². The summed E-state index contributed by atoms with van der Waals surface area (Å²) in [6.07, 6.45) is 0. The second kappa shape index (κ2) is 4.76. The van der Waals surface area contributed by atoms with Gasteiger partial charge in [-0.1, -0.05) is 34.1 Å². The Bertz CT molecular complexity index is 376. The Morgan fingerprint density at radius 3 is 2.71 bits per heavy atom. The number of benzene rings is 1. The molecule has 0 saturated heterocycles. The predicted molar refractivity (Wildman–Crippen MR) is 59.1 cm³/mol. The van der Waals surface area contributed by atoms with Crippen LogP contribution in [-0.2, 0) is 0 Å². The Kier molecular flexibility index (Phi) is 3.64. The first-order valence-corrected chi connectivity index (χ1v) is 4.75. The number of hydrogen-bond acceptors (Lipinski definition) is 2. The molecule has 0 atom stereocenters. The van der Waals surface area contributed by atoms with E-state index in [1.165, 1.54) is 0 Å². The van der Waals surface area contributed by atoms with Gasteiger partial charge >= 0.3 is 6.03 Å². The zero-order chi connectivity index (χ0) is 10.6. The first-order chi connectivity index (χ1) is 6.61. The number of hydrogen-bond donors (Lipinski definition) is 2. The summed E-state index contributed by atoms with van der Waals surface area (Å²) in [5.74, 6) is 0. The molecule has 0 unspecified atom stereocenters. The quantitative estimate of drug-likeness (QED) is 0.615. The van der Waals surface area contributed by atoms with Gasteiger partial charge in [0.25, 0.3) is 0 Å². The van der Waals surface area contributed by atoms with E-state index in [1.54, 1.807) is 6.92 Å². The number of amides is 2. The van der Waals surface area contributed by atoms with Gasteiger partial charge in [-0.2, -0.15) is 5.10 Å². The molecule has 0 heterocycles. The number of rotatable bonds is 2. The molecule has 0 saturated carbocycles. The second-order valence-corrected chi connectivity index (χ2v) is 3.51. The van der Waals surface area contributed by atoms with Crippen LogP contribution in [0.1, 0.15) is 12.5 Å². The number of nitrogens with one attached hydrogen (secondary N) is 1. The minimum atomic E-state index is -0.670. The van der Waals surface area contributed by atoms with Gasteiger partial charge in [0.1, 0.15) is 0 Å². The normalized spacial score (nSPS) is 11.1. The van der Waals surface area contributed by atoms with Gasteiger partial charge in [0.15, 0.2) is 0 Å². The number of carbonyl (C=O) groups is 1. The second-order valence-electron chi connectivity index (χ2n) is 2.65. The van der Waals surface area contributed by atoms with Crippen molar-refractivity contribution in [3.05, 3.63) is 34.3 Å². The minimum absolute atomic E-state index is 0.670. The number of nitrogens with zero attached hydrogens (tertiary/aromatic N) is 1. The lowest BCUT2D eigenvalue weighted by Crippen LogP contribution is -2.25. The topological polar surface area (TPSA) is 67.5 Å². The lowest BCUT2D eigenvalue weighted by Gasteiger charge is -2.02. The number of primary amides is 1. The van der Waals surface area contributed by atoms with Crippen molar-refractivity contribution in [2.24, 2.45) is 10.8 Å². The Labute approximate surface area is 90.3 Å². The molecule has 0 spiro atoms. The van der Waals surface area contributed by atoms with Gasteiger partial charge in [0.2, 0.25) is 0 Å². The predicted octanol–water partition coefficient (Wildman–Crippen LogP) is 1.84. The van der Waals surface area contributed by atoms with E-state index in [0.29, 0.717) is 5.71 Å². The maximum absolute atomic E-state index is 10.4. The van der Waals surface area contributed by atoms with Crippen LogP contribution < -0.4 is 11.2 Å². The third-order valence-corrected chi connectivity index (χ3v) is 2.29. The zero-order valence-corrected chi connectivity index (χ0v) is 9.21. The van der Waals surface area contributed by atoms with Crippen molar-refractivity contribution >= 4 is 27.7 Å². The smallest absolute Gasteiger partial charge is 0.332 e. The SMILES string of the molecule is CC(=NNC(N)=O)c1ccccc1Br. The number of hydrazone groups is 1. The van der Waals surface area contributed by atoms with E-state index in [9.17, 15) is 4.79 Å². The van der Waals surface area contributed by atoms with Crippen molar-refractivity contribution < 1.29 is 4.79 Å². The van der Waals surface area contributed by atoms with E-state index < -0.39 is 6.03 Å². The van der Waals surface area contributed by atoms with Gasteiger partial charge in [0.05, 0.1) is 5.71 Å². The Hall–Kier alpha value is -1.36. The average molecular weight is 256 g/mol. The molecule has 0 aliphatic carbocycles. The largest absolute Gasteiger partial charge is 0.350 e. The summed E-state index contributed by atoms with van der Waals surface area (Å²) >= 11 is 3.38. The molecule has 5 heteroatoms. The highest BCUT2D eigenvalue weighted by Crippen LogP contribution is 2.16. The van der Waals surface area contributed by atoms with E-state index in [1.807, 2.05) is 24.3 Å². The molecule has 1 aromatic rings. The summed E-state index contributed by atoms with van der Waals surface area (Å²) in [5.41, 5.74) is 8.67. The van der Waals surface area contributed by atoms with Gasteiger partial charge < -0.3 is 5.73 Å². The van der Waals surface area contributed by atoms with Crippen molar-refractivity contribution in [1.29, 1.82) is 0 Å². The van der Waals surface area contributed by atoms with Crippen LogP contribution in [0.3, 0.4) is 0 Å². The summed E-state index contributed by atoms with van der Waals surface area (Å²) < 4.78 is 0.924.